The number of aromatic nitrogens is 1. The van der Waals surface area contributed by atoms with Crippen molar-refractivity contribution in [1.29, 1.82) is 0 Å². The van der Waals surface area contributed by atoms with Crippen molar-refractivity contribution < 1.29 is 10.4 Å². The minimum Gasteiger partial charge on any atom is -0.455 e. The lowest BCUT2D eigenvalue weighted by Gasteiger charge is -2.34. The zero-order valence-corrected chi connectivity index (χ0v) is 28.9. The van der Waals surface area contributed by atoms with Crippen LogP contribution in [-0.4, -0.2) is 8.07 Å². The molecule has 0 aliphatic heterocycles. The molecule has 0 radical (unpaired) electrons. The van der Waals surface area contributed by atoms with Gasteiger partial charge in [0, 0.05) is 23.4 Å². The molecule has 6 aromatic rings. The maximum atomic E-state index is 9.33. The number of furan rings is 1. The van der Waals surface area contributed by atoms with Crippen molar-refractivity contribution >= 4 is 35.2 Å². The summed E-state index contributed by atoms with van der Waals surface area (Å²) >= 11 is 0. The van der Waals surface area contributed by atoms with E-state index in [1.165, 1.54) is 27.4 Å². The first-order chi connectivity index (χ1) is 21.8. The molecule has 2 aromatic heterocycles. The van der Waals surface area contributed by atoms with E-state index in [2.05, 4.69) is 149 Å². The Kier molecular flexibility index (Phi) is 7.06. The molecule has 0 N–H and O–H groups in total. The summed E-state index contributed by atoms with van der Waals surface area (Å²) in [5.41, 5.74) is 11.7. The smallest absolute Gasteiger partial charge is 0.216 e. The normalized spacial score (nSPS) is 16.6. The number of pyridine rings is 1. The van der Waals surface area contributed by atoms with Gasteiger partial charge in [0.2, 0.25) is 5.69 Å². The Hall–Kier alpha value is -3.95. The molecule has 0 amide bonds. The summed E-state index contributed by atoms with van der Waals surface area (Å²) in [5.74, 6) is -0.488. The zero-order chi connectivity index (χ0) is 32.4. The number of rotatable bonds is 5. The van der Waals surface area contributed by atoms with Gasteiger partial charge in [0.25, 0.3) is 0 Å². The molecule has 2 heterocycles. The molecule has 228 valence electrons. The Morgan fingerprint density at radius 1 is 0.800 bits per heavy atom. The average Bonchev–Trinajstić information content (AvgIpc) is 3.41. The monoisotopic (exact) mass is 609 g/mol. The number of benzene rings is 4. The predicted octanol–water partition coefficient (Wildman–Crippen LogP) is 10.9. The first-order valence-electron chi connectivity index (χ1n) is 17.0. The lowest BCUT2D eigenvalue weighted by atomic mass is 9.71. The summed E-state index contributed by atoms with van der Waals surface area (Å²) in [6.07, 6.45) is 6.44. The van der Waals surface area contributed by atoms with E-state index >= 15 is 0 Å². The highest BCUT2D eigenvalue weighted by atomic mass is 28.3. The Labute approximate surface area is 271 Å². The highest BCUT2D eigenvalue weighted by Crippen LogP contribution is 2.43. The van der Waals surface area contributed by atoms with Crippen LogP contribution in [0.25, 0.3) is 55.4 Å². The van der Waals surface area contributed by atoms with E-state index in [1.54, 1.807) is 0 Å². The van der Waals surface area contributed by atoms with Crippen molar-refractivity contribution in [3.8, 4) is 33.5 Å². The molecule has 4 aromatic carbocycles. The van der Waals surface area contributed by atoms with Crippen LogP contribution in [0.2, 0.25) is 19.6 Å². The van der Waals surface area contributed by atoms with Crippen LogP contribution in [0.4, 0.5) is 0 Å². The summed E-state index contributed by atoms with van der Waals surface area (Å²) in [5, 5.41) is 3.73. The second-order valence-electron chi connectivity index (χ2n) is 15.0. The molecular formula is C42H46NOSi+. The number of nitrogens with zero attached hydrogens (tertiary/aromatic N) is 1. The van der Waals surface area contributed by atoms with Crippen LogP contribution in [0.3, 0.4) is 0 Å². The molecule has 0 unspecified atom stereocenters. The van der Waals surface area contributed by atoms with E-state index in [9.17, 15) is 1.37 Å². The van der Waals surface area contributed by atoms with Gasteiger partial charge in [0.1, 0.15) is 18.2 Å². The highest BCUT2D eigenvalue weighted by Gasteiger charge is 2.30. The summed E-state index contributed by atoms with van der Waals surface area (Å²) in [7, 11) is 0.469. The van der Waals surface area contributed by atoms with Gasteiger partial charge >= 0.3 is 0 Å². The Morgan fingerprint density at radius 2 is 1.47 bits per heavy atom. The van der Waals surface area contributed by atoms with Gasteiger partial charge in [-0.25, -0.2) is 4.57 Å². The van der Waals surface area contributed by atoms with Gasteiger partial charge < -0.3 is 4.42 Å². The zero-order valence-electron chi connectivity index (χ0n) is 28.9. The van der Waals surface area contributed by atoms with Crippen molar-refractivity contribution in [2.24, 2.45) is 12.5 Å². The molecule has 1 fully saturated rings. The van der Waals surface area contributed by atoms with E-state index in [-0.39, 0.29) is 0 Å². The number of aryl methyl sites for hydroxylation is 2. The van der Waals surface area contributed by atoms with Crippen LogP contribution in [0.5, 0.6) is 0 Å². The number of hydrogen-bond donors (Lipinski definition) is 0. The van der Waals surface area contributed by atoms with E-state index in [0.717, 1.165) is 70.0 Å². The van der Waals surface area contributed by atoms with Gasteiger partial charge in [-0.3, -0.25) is 0 Å². The maximum Gasteiger partial charge on any atom is 0.216 e. The van der Waals surface area contributed by atoms with E-state index in [1.807, 2.05) is 0 Å². The standard InChI is InChI=1S/C42H46NOSi/c1-28-13-19-35-34-20-18-33(29-11-9-8-10-12-29)25-38(34)44-41(35)40(28)37-26-36(39(27-43(37)4)45(5,6)7)32-16-14-30(15-17-32)31-21-23-42(2,3)24-22-31/h8-20,25-27,31H,21-24H2,1-7H3/q+1/i31D. The molecule has 7 rings (SSSR count). The van der Waals surface area contributed by atoms with Crippen molar-refractivity contribution in [2.75, 3.05) is 0 Å². The second-order valence-corrected chi connectivity index (χ2v) is 20.0. The molecule has 3 heteroatoms. The van der Waals surface area contributed by atoms with E-state index in [4.69, 9.17) is 4.42 Å². The lowest BCUT2D eigenvalue weighted by Crippen LogP contribution is -2.46. The van der Waals surface area contributed by atoms with Crippen LogP contribution in [0, 0.1) is 12.3 Å². The summed E-state index contributed by atoms with van der Waals surface area (Å²) in [6, 6.07) is 32.9. The predicted molar refractivity (Wildman–Crippen MR) is 194 cm³/mol. The molecule has 1 saturated carbocycles. The first kappa shape index (κ1) is 28.5. The van der Waals surface area contributed by atoms with Crippen molar-refractivity contribution in [2.45, 2.75) is 72.0 Å². The minimum atomic E-state index is -1.71. The molecule has 0 atom stereocenters. The van der Waals surface area contributed by atoms with Gasteiger partial charge in [-0.2, -0.15) is 0 Å². The topological polar surface area (TPSA) is 17.0 Å². The van der Waals surface area contributed by atoms with Crippen molar-refractivity contribution in [3.05, 3.63) is 108 Å². The summed E-state index contributed by atoms with van der Waals surface area (Å²) in [4.78, 5) is 0. The van der Waals surface area contributed by atoms with Crippen LogP contribution in [0.15, 0.2) is 102 Å². The third-order valence-electron chi connectivity index (χ3n) is 10.1. The minimum absolute atomic E-state index is 0.345. The van der Waals surface area contributed by atoms with E-state index < -0.39 is 14.0 Å². The summed E-state index contributed by atoms with van der Waals surface area (Å²) in [6.45, 7) is 14.2. The molecule has 1 aliphatic carbocycles. The lowest BCUT2D eigenvalue weighted by molar-refractivity contribution is -0.659. The fraction of sp³-hybridized carbons (Fsp3) is 0.310. The number of hydrogen-bond acceptors (Lipinski definition) is 1. The first-order valence-corrected chi connectivity index (χ1v) is 20.0. The Bertz CT molecular complexity index is 2070. The average molecular weight is 610 g/mol. The SMILES string of the molecule is [2H]C1(c2ccc(-c3cc(-c4c(C)ccc5c4oc4cc(-c6ccccc6)ccc45)[n+](C)cc3[Si](C)(C)C)cc2)CCC(C)(C)CC1. The Balaban J connectivity index is 1.36. The van der Waals surface area contributed by atoms with Crippen LogP contribution >= 0.6 is 0 Å². The van der Waals surface area contributed by atoms with Crippen molar-refractivity contribution in [3.63, 3.8) is 0 Å². The third kappa shape index (κ3) is 5.57. The number of fused-ring (bicyclic) bond motifs is 3. The van der Waals surface area contributed by atoms with Crippen LogP contribution in [0.1, 0.15) is 57.9 Å². The molecule has 1 aliphatic rings. The Morgan fingerprint density at radius 3 is 2.16 bits per heavy atom. The molecule has 45 heavy (non-hydrogen) atoms. The van der Waals surface area contributed by atoms with Crippen molar-refractivity contribution in [1.82, 2.24) is 0 Å². The molecule has 2 nitrogen and oxygen atoms in total. The van der Waals surface area contributed by atoms with Gasteiger partial charge in [-0.1, -0.05) is 106 Å². The summed E-state index contributed by atoms with van der Waals surface area (Å²) < 4.78 is 18.4. The molecular weight excluding hydrogens is 563 g/mol. The largest absolute Gasteiger partial charge is 0.455 e. The molecule has 0 bridgehead atoms. The quantitative estimate of drug-likeness (QED) is 0.140. The fourth-order valence-corrected chi connectivity index (χ4v) is 8.81. The van der Waals surface area contributed by atoms with E-state index in [0.29, 0.717) is 5.41 Å². The van der Waals surface area contributed by atoms with Crippen LogP contribution < -0.4 is 9.75 Å². The van der Waals surface area contributed by atoms with Gasteiger partial charge in [0.15, 0.2) is 6.20 Å². The van der Waals surface area contributed by atoms with Gasteiger partial charge in [-0.05, 0) is 89.4 Å². The fourth-order valence-electron chi connectivity index (χ4n) is 7.20. The molecule has 0 saturated heterocycles. The highest BCUT2D eigenvalue weighted by molar-refractivity contribution is 6.89. The molecule has 0 spiro atoms. The van der Waals surface area contributed by atoms with Gasteiger partial charge in [-0.15, -0.1) is 0 Å². The van der Waals surface area contributed by atoms with Gasteiger partial charge in [0.05, 0.1) is 13.6 Å². The van der Waals surface area contributed by atoms with Crippen LogP contribution in [-0.2, 0) is 7.05 Å². The third-order valence-corrected chi connectivity index (χ3v) is 12.1. The second kappa shape index (κ2) is 11.1. The maximum absolute atomic E-state index is 9.33.